The summed E-state index contributed by atoms with van der Waals surface area (Å²) in [6.45, 7) is 5.12. The van der Waals surface area contributed by atoms with E-state index in [1.807, 2.05) is 0 Å². The summed E-state index contributed by atoms with van der Waals surface area (Å²) in [5.74, 6) is 1.44. The number of hydrogen-bond donors (Lipinski definition) is 1. The van der Waals surface area contributed by atoms with E-state index in [1.165, 1.54) is 11.1 Å². The first-order valence-electron chi connectivity index (χ1n) is 6.16. The van der Waals surface area contributed by atoms with Gasteiger partial charge in [0.25, 0.3) is 0 Å². The molecule has 0 atom stereocenters. The highest BCUT2D eigenvalue weighted by atomic mass is 79.9. The van der Waals surface area contributed by atoms with Crippen LogP contribution in [0.1, 0.15) is 43.7 Å². The van der Waals surface area contributed by atoms with Crippen LogP contribution in [0, 0.1) is 0 Å². The Morgan fingerprint density at radius 1 is 1.29 bits per heavy atom. The SMILES string of the molecule is COc1cc(CCCCN)cc(Br)c1C(C)C. The molecule has 0 aliphatic heterocycles. The van der Waals surface area contributed by atoms with E-state index in [0.717, 1.165) is 36.0 Å². The minimum Gasteiger partial charge on any atom is -0.496 e. The van der Waals surface area contributed by atoms with Crippen LogP contribution < -0.4 is 10.5 Å². The number of unbranched alkanes of at least 4 members (excludes halogenated alkanes) is 1. The summed E-state index contributed by atoms with van der Waals surface area (Å²) in [4.78, 5) is 0. The van der Waals surface area contributed by atoms with Crippen LogP contribution in [-0.2, 0) is 6.42 Å². The average molecular weight is 300 g/mol. The topological polar surface area (TPSA) is 35.2 Å². The Morgan fingerprint density at radius 3 is 2.53 bits per heavy atom. The Morgan fingerprint density at radius 2 is 2.00 bits per heavy atom. The van der Waals surface area contributed by atoms with E-state index in [2.05, 4.69) is 41.9 Å². The molecule has 0 radical (unpaired) electrons. The van der Waals surface area contributed by atoms with E-state index >= 15 is 0 Å². The highest BCUT2D eigenvalue weighted by molar-refractivity contribution is 9.10. The quantitative estimate of drug-likeness (QED) is 0.810. The Hall–Kier alpha value is -0.540. The van der Waals surface area contributed by atoms with Gasteiger partial charge in [0.2, 0.25) is 0 Å². The predicted octanol–water partition coefficient (Wildman–Crippen LogP) is 3.86. The van der Waals surface area contributed by atoms with Crippen LogP contribution >= 0.6 is 15.9 Å². The van der Waals surface area contributed by atoms with Crippen molar-refractivity contribution in [2.45, 2.75) is 39.0 Å². The van der Waals surface area contributed by atoms with E-state index in [4.69, 9.17) is 10.5 Å². The molecular weight excluding hydrogens is 278 g/mol. The van der Waals surface area contributed by atoms with Crippen molar-refractivity contribution in [1.29, 1.82) is 0 Å². The van der Waals surface area contributed by atoms with E-state index < -0.39 is 0 Å². The largest absolute Gasteiger partial charge is 0.496 e. The van der Waals surface area contributed by atoms with Crippen LogP contribution in [0.25, 0.3) is 0 Å². The summed E-state index contributed by atoms with van der Waals surface area (Å²) in [5, 5.41) is 0. The van der Waals surface area contributed by atoms with Crippen LogP contribution in [0.3, 0.4) is 0 Å². The zero-order valence-electron chi connectivity index (χ0n) is 10.9. The third-order valence-corrected chi connectivity index (χ3v) is 3.52. The normalized spacial score (nSPS) is 10.9. The monoisotopic (exact) mass is 299 g/mol. The highest BCUT2D eigenvalue weighted by Crippen LogP contribution is 2.35. The molecule has 2 nitrogen and oxygen atoms in total. The molecule has 3 heteroatoms. The van der Waals surface area contributed by atoms with Gasteiger partial charge in [-0.2, -0.15) is 0 Å². The first kappa shape index (κ1) is 14.5. The van der Waals surface area contributed by atoms with Gasteiger partial charge in [-0.3, -0.25) is 0 Å². The number of nitrogens with two attached hydrogens (primary N) is 1. The molecule has 0 aromatic heterocycles. The molecule has 0 aliphatic carbocycles. The fourth-order valence-electron chi connectivity index (χ4n) is 1.99. The van der Waals surface area contributed by atoms with Crippen molar-refractivity contribution in [3.8, 4) is 5.75 Å². The fourth-order valence-corrected chi connectivity index (χ4v) is 2.94. The Kier molecular flexibility index (Phi) is 6.00. The third kappa shape index (κ3) is 4.00. The zero-order valence-corrected chi connectivity index (χ0v) is 12.5. The second kappa shape index (κ2) is 7.02. The number of methoxy groups -OCH3 is 1. The van der Waals surface area contributed by atoms with Crippen LogP contribution in [0.2, 0.25) is 0 Å². The van der Waals surface area contributed by atoms with Gasteiger partial charge in [0.05, 0.1) is 7.11 Å². The first-order valence-corrected chi connectivity index (χ1v) is 6.95. The lowest BCUT2D eigenvalue weighted by molar-refractivity contribution is 0.406. The Bertz CT molecular complexity index is 363. The highest BCUT2D eigenvalue weighted by Gasteiger charge is 2.13. The molecule has 0 fully saturated rings. The Labute approximate surface area is 113 Å². The molecule has 17 heavy (non-hydrogen) atoms. The van der Waals surface area contributed by atoms with E-state index in [9.17, 15) is 0 Å². The molecule has 1 aromatic carbocycles. The second-order valence-corrected chi connectivity index (χ2v) is 5.45. The molecule has 0 bridgehead atoms. The smallest absolute Gasteiger partial charge is 0.123 e. The van der Waals surface area contributed by atoms with Gasteiger partial charge in [0.15, 0.2) is 0 Å². The molecule has 1 rings (SSSR count). The summed E-state index contributed by atoms with van der Waals surface area (Å²) in [7, 11) is 1.73. The molecule has 0 unspecified atom stereocenters. The maximum Gasteiger partial charge on any atom is 0.123 e. The van der Waals surface area contributed by atoms with Crippen molar-refractivity contribution >= 4 is 15.9 Å². The molecule has 1 aromatic rings. The molecule has 0 heterocycles. The van der Waals surface area contributed by atoms with Crippen molar-refractivity contribution in [2.75, 3.05) is 13.7 Å². The first-order chi connectivity index (χ1) is 8.10. The lowest BCUT2D eigenvalue weighted by atomic mass is 9.98. The van der Waals surface area contributed by atoms with Crippen molar-refractivity contribution in [1.82, 2.24) is 0 Å². The van der Waals surface area contributed by atoms with Gasteiger partial charge in [-0.25, -0.2) is 0 Å². The van der Waals surface area contributed by atoms with Crippen LogP contribution in [0.4, 0.5) is 0 Å². The molecule has 0 aliphatic rings. The van der Waals surface area contributed by atoms with Crippen molar-refractivity contribution in [3.05, 3.63) is 27.7 Å². The maximum atomic E-state index is 5.51. The summed E-state index contributed by atoms with van der Waals surface area (Å²) in [5.41, 5.74) is 8.07. The van der Waals surface area contributed by atoms with Crippen LogP contribution in [-0.4, -0.2) is 13.7 Å². The van der Waals surface area contributed by atoms with Crippen molar-refractivity contribution < 1.29 is 4.74 Å². The third-order valence-electron chi connectivity index (χ3n) is 2.87. The summed E-state index contributed by atoms with van der Waals surface area (Å²) >= 11 is 3.64. The van der Waals surface area contributed by atoms with Gasteiger partial charge in [0.1, 0.15) is 5.75 Å². The summed E-state index contributed by atoms with van der Waals surface area (Å²) in [6.07, 6.45) is 3.27. The summed E-state index contributed by atoms with van der Waals surface area (Å²) in [6, 6.07) is 4.35. The van der Waals surface area contributed by atoms with Gasteiger partial charge in [0, 0.05) is 10.0 Å². The predicted molar refractivity (Wildman–Crippen MR) is 76.8 cm³/mol. The molecule has 96 valence electrons. The number of ether oxygens (including phenoxy) is 1. The average Bonchev–Trinajstić information content (AvgIpc) is 2.27. The van der Waals surface area contributed by atoms with Crippen LogP contribution in [0.15, 0.2) is 16.6 Å². The minimum atomic E-state index is 0.456. The number of aryl methyl sites for hydroxylation is 1. The number of rotatable bonds is 6. The van der Waals surface area contributed by atoms with E-state index in [-0.39, 0.29) is 0 Å². The maximum absolute atomic E-state index is 5.51. The number of halogens is 1. The van der Waals surface area contributed by atoms with Gasteiger partial charge in [-0.05, 0) is 49.4 Å². The number of benzene rings is 1. The lowest BCUT2D eigenvalue weighted by Crippen LogP contribution is -2.01. The lowest BCUT2D eigenvalue weighted by Gasteiger charge is -2.16. The summed E-state index contributed by atoms with van der Waals surface area (Å²) < 4.78 is 6.63. The Balaban J connectivity index is 2.92. The molecule has 0 spiro atoms. The zero-order chi connectivity index (χ0) is 12.8. The molecule has 0 saturated carbocycles. The van der Waals surface area contributed by atoms with Gasteiger partial charge in [-0.1, -0.05) is 29.8 Å². The minimum absolute atomic E-state index is 0.456. The number of hydrogen-bond acceptors (Lipinski definition) is 2. The standard InChI is InChI=1S/C14H22BrNO/c1-10(2)14-12(15)8-11(6-4-5-7-16)9-13(14)17-3/h8-10H,4-7,16H2,1-3H3. The molecule has 2 N–H and O–H groups in total. The fraction of sp³-hybridized carbons (Fsp3) is 0.571. The molecule has 0 amide bonds. The van der Waals surface area contributed by atoms with E-state index in [0.29, 0.717) is 5.92 Å². The van der Waals surface area contributed by atoms with Crippen molar-refractivity contribution in [3.63, 3.8) is 0 Å². The van der Waals surface area contributed by atoms with E-state index in [1.54, 1.807) is 7.11 Å². The van der Waals surface area contributed by atoms with Gasteiger partial charge >= 0.3 is 0 Å². The molecular formula is C14H22BrNO. The second-order valence-electron chi connectivity index (χ2n) is 4.59. The van der Waals surface area contributed by atoms with Crippen molar-refractivity contribution in [2.24, 2.45) is 5.73 Å². The van der Waals surface area contributed by atoms with Crippen LogP contribution in [0.5, 0.6) is 5.75 Å². The van der Waals surface area contributed by atoms with Gasteiger partial charge in [-0.15, -0.1) is 0 Å². The molecule has 0 saturated heterocycles. The van der Waals surface area contributed by atoms with Gasteiger partial charge < -0.3 is 10.5 Å².